The zero-order valence-corrected chi connectivity index (χ0v) is 11.2. The van der Waals surface area contributed by atoms with E-state index in [0.717, 1.165) is 26.2 Å². The summed E-state index contributed by atoms with van der Waals surface area (Å²) in [6, 6.07) is 0.446. The highest BCUT2D eigenvalue weighted by atomic mass is 16.2. The van der Waals surface area contributed by atoms with Gasteiger partial charge in [-0.2, -0.15) is 0 Å². The number of amides is 1. The molecular weight excluding hydrogens is 214 g/mol. The Labute approximate surface area is 104 Å². The molecule has 0 aromatic rings. The van der Waals surface area contributed by atoms with E-state index in [1.54, 1.807) is 0 Å². The van der Waals surface area contributed by atoms with E-state index >= 15 is 0 Å². The Bertz CT molecular complexity index is 264. The van der Waals surface area contributed by atoms with Crippen LogP contribution in [0.1, 0.15) is 27.2 Å². The number of nitrogens with one attached hydrogen (secondary N) is 2. The van der Waals surface area contributed by atoms with Gasteiger partial charge in [0.15, 0.2) is 0 Å². The number of hydrogen-bond acceptors (Lipinski definition) is 3. The lowest BCUT2D eigenvalue weighted by Crippen LogP contribution is -2.60. The maximum atomic E-state index is 12.4. The minimum atomic E-state index is -0.0244. The van der Waals surface area contributed by atoms with E-state index in [-0.39, 0.29) is 11.9 Å². The Morgan fingerprint density at radius 3 is 2.24 bits per heavy atom. The monoisotopic (exact) mass is 239 g/mol. The molecule has 2 rings (SSSR count). The minimum Gasteiger partial charge on any atom is -0.341 e. The lowest BCUT2D eigenvalue weighted by Gasteiger charge is -2.38. The third-order valence-electron chi connectivity index (χ3n) is 3.82. The molecular formula is C13H25N3O. The Kier molecular flexibility index (Phi) is 4.05. The second-order valence-corrected chi connectivity index (χ2v) is 5.96. The number of carbonyl (C=O) groups is 1. The van der Waals surface area contributed by atoms with Crippen molar-refractivity contribution in [1.82, 2.24) is 15.5 Å². The van der Waals surface area contributed by atoms with E-state index in [0.29, 0.717) is 17.9 Å². The second-order valence-electron chi connectivity index (χ2n) is 5.96. The SMILES string of the molecule is CC1CC(C)CN(C(=O)C2CNC(C)CN2)C1. The van der Waals surface area contributed by atoms with E-state index in [4.69, 9.17) is 0 Å². The summed E-state index contributed by atoms with van der Waals surface area (Å²) in [5, 5.41) is 6.71. The fourth-order valence-electron chi connectivity index (χ4n) is 3.02. The molecule has 0 aromatic heterocycles. The Morgan fingerprint density at radius 2 is 1.71 bits per heavy atom. The van der Waals surface area contributed by atoms with Crippen LogP contribution in [0.2, 0.25) is 0 Å². The van der Waals surface area contributed by atoms with Crippen molar-refractivity contribution in [2.75, 3.05) is 26.2 Å². The van der Waals surface area contributed by atoms with Crippen LogP contribution in [0.25, 0.3) is 0 Å². The molecule has 2 saturated heterocycles. The Balaban J connectivity index is 1.90. The van der Waals surface area contributed by atoms with Gasteiger partial charge >= 0.3 is 0 Å². The quantitative estimate of drug-likeness (QED) is 0.698. The van der Waals surface area contributed by atoms with Crippen molar-refractivity contribution >= 4 is 5.91 Å². The summed E-state index contributed by atoms with van der Waals surface area (Å²) in [7, 11) is 0. The maximum Gasteiger partial charge on any atom is 0.241 e. The van der Waals surface area contributed by atoms with Crippen molar-refractivity contribution < 1.29 is 4.79 Å². The van der Waals surface area contributed by atoms with Crippen molar-refractivity contribution in [3.63, 3.8) is 0 Å². The van der Waals surface area contributed by atoms with Gasteiger partial charge in [-0.25, -0.2) is 0 Å². The average Bonchev–Trinajstić information content (AvgIpc) is 2.28. The van der Waals surface area contributed by atoms with Crippen molar-refractivity contribution in [3.05, 3.63) is 0 Å². The van der Waals surface area contributed by atoms with Crippen LogP contribution in [0.4, 0.5) is 0 Å². The first-order valence-electron chi connectivity index (χ1n) is 6.81. The molecule has 2 aliphatic heterocycles. The van der Waals surface area contributed by atoms with Crippen molar-refractivity contribution in [2.24, 2.45) is 11.8 Å². The highest BCUT2D eigenvalue weighted by Gasteiger charge is 2.31. The largest absolute Gasteiger partial charge is 0.341 e. The summed E-state index contributed by atoms with van der Waals surface area (Å²) < 4.78 is 0. The van der Waals surface area contributed by atoms with E-state index in [2.05, 4.69) is 31.4 Å². The zero-order chi connectivity index (χ0) is 12.4. The van der Waals surface area contributed by atoms with E-state index in [9.17, 15) is 4.79 Å². The molecule has 4 unspecified atom stereocenters. The molecule has 2 heterocycles. The molecule has 4 atom stereocenters. The predicted molar refractivity (Wildman–Crippen MR) is 68.8 cm³/mol. The predicted octanol–water partition coefficient (Wildman–Crippen LogP) is 0.441. The third kappa shape index (κ3) is 3.19. The van der Waals surface area contributed by atoms with Crippen molar-refractivity contribution in [3.8, 4) is 0 Å². The maximum absolute atomic E-state index is 12.4. The lowest BCUT2D eigenvalue weighted by molar-refractivity contribution is -0.136. The van der Waals surface area contributed by atoms with Crippen LogP contribution in [-0.4, -0.2) is 49.1 Å². The number of likely N-dealkylation sites (tertiary alicyclic amines) is 1. The summed E-state index contributed by atoms with van der Waals surface area (Å²) in [6.07, 6.45) is 1.25. The first-order chi connectivity index (χ1) is 8.06. The fraction of sp³-hybridized carbons (Fsp3) is 0.923. The molecule has 4 nitrogen and oxygen atoms in total. The van der Waals surface area contributed by atoms with Crippen molar-refractivity contribution in [2.45, 2.75) is 39.3 Å². The van der Waals surface area contributed by atoms with E-state index < -0.39 is 0 Å². The summed E-state index contributed by atoms with van der Waals surface area (Å²) in [6.45, 7) is 10.1. The average molecular weight is 239 g/mol. The van der Waals surface area contributed by atoms with Crippen LogP contribution >= 0.6 is 0 Å². The van der Waals surface area contributed by atoms with Gasteiger partial charge < -0.3 is 15.5 Å². The molecule has 4 heteroatoms. The van der Waals surface area contributed by atoms with Crippen molar-refractivity contribution in [1.29, 1.82) is 0 Å². The number of piperazine rings is 1. The highest BCUT2D eigenvalue weighted by Crippen LogP contribution is 2.21. The van der Waals surface area contributed by atoms with Gasteiger partial charge in [0, 0.05) is 32.2 Å². The molecule has 2 fully saturated rings. The molecule has 0 aliphatic carbocycles. The minimum absolute atomic E-state index is 0.0244. The number of nitrogens with zero attached hydrogens (tertiary/aromatic N) is 1. The number of rotatable bonds is 1. The van der Waals surface area contributed by atoms with Gasteiger partial charge in [0.2, 0.25) is 5.91 Å². The van der Waals surface area contributed by atoms with Crippen LogP contribution in [-0.2, 0) is 4.79 Å². The third-order valence-corrected chi connectivity index (χ3v) is 3.82. The van der Waals surface area contributed by atoms with Gasteiger partial charge in [-0.05, 0) is 25.2 Å². The summed E-state index contributed by atoms with van der Waals surface area (Å²) >= 11 is 0. The Morgan fingerprint density at radius 1 is 1.06 bits per heavy atom. The summed E-state index contributed by atoms with van der Waals surface area (Å²) in [5.74, 6) is 1.55. The molecule has 98 valence electrons. The molecule has 2 aliphatic rings. The van der Waals surface area contributed by atoms with Gasteiger partial charge in [-0.3, -0.25) is 4.79 Å². The molecule has 0 radical (unpaired) electrons. The fourth-order valence-corrected chi connectivity index (χ4v) is 3.02. The zero-order valence-electron chi connectivity index (χ0n) is 11.2. The number of carbonyl (C=O) groups excluding carboxylic acids is 1. The summed E-state index contributed by atoms with van der Waals surface area (Å²) in [4.78, 5) is 14.4. The summed E-state index contributed by atoms with van der Waals surface area (Å²) in [5.41, 5.74) is 0. The van der Waals surface area contributed by atoms with Gasteiger partial charge in [-0.15, -0.1) is 0 Å². The number of hydrogen-bond donors (Lipinski definition) is 2. The van der Waals surface area contributed by atoms with Gasteiger partial charge in [-0.1, -0.05) is 13.8 Å². The molecule has 0 spiro atoms. The molecule has 0 aromatic carbocycles. The Hall–Kier alpha value is -0.610. The van der Waals surface area contributed by atoms with Crippen LogP contribution < -0.4 is 10.6 Å². The normalized spacial score (nSPS) is 39.1. The first kappa shape index (κ1) is 12.8. The standard InChI is InChI=1S/C13H25N3O/c1-9-4-10(2)8-16(7-9)13(17)12-6-14-11(3)5-15-12/h9-12,14-15H,4-8H2,1-3H3. The second kappa shape index (κ2) is 5.36. The van der Waals surface area contributed by atoms with Gasteiger partial charge in [0.25, 0.3) is 0 Å². The number of piperidine rings is 1. The first-order valence-corrected chi connectivity index (χ1v) is 6.81. The van der Waals surface area contributed by atoms with Crippen LogP contribution in [0, 0.1) is 11.8 Å². The van der Waals surface area contributed by atoms with E-state index in [1.807, 2.05) is 4.90 Å². The topological polar surface area (TPSA) is 44.4 Å². The van der Waals surface area contributed by atoms with Crippen LogP contribution in [0.3, 0.4) is 0 Å². The van der Waals surface area contributed by atoms with E-state index in [1.165, 1.54) is 6.42 Å². The van der Waals surface area contributed by atoms with Gasteiger partial charge in [0.05, 0.1) is 6.04 Å². The lowest BCUT2D eigenvalue weighted by atomic mass is 9.91. The molecule has 1 amide bonds. The van der Waals surface area contributed by atoms with Crippen LogP contribution in [0.15, 0.2) is 0 Å². The molecule has 0 saturated carbocycles. The van der Waals surface area contributed by atoms with Crippen LogP contribution in [0.5, 0.6) is 0 Å². The molecule has 17 heavy (non-hydrogen) atoms. The molecule has 2 N–H and O–H groups in total. The van der Waals surface area contributed by atoms with Gasteiger partial charge in [0.1, 0.15) is 0 Å². The highest BCUT2D eigenvalue weighted by molar-refractivity contribution is 5.82. The molecule has 0 bridgehead atoms. The smallest absolute Gasteiger partial charge is 0.241 e.